The van der Waals surface area contributed by atoms with Crippen LogP contribution in [0.1, 0.15) is 25.7 Å². The third-order valence-electron chi connectivity index (χ3n) is 6.72. The van der Waals surface area contributed by atoms with Crippen LogP contribution in [-0.2, 0) is 4.79 Å². The standard InChI is InChI=1S/C25H27N7O/c33-25(30-12-4-5-13-30)18-7-6-14-31(16-18)22-11-10-21-24(28-22)29-23(27-21)19-15-26-32(17-19)20-8-2-1-3-9-20/h1-3,8-11,15,17-18H,4-7,12-14,16H2,(H,27,28,29). The number of carbonyl (C=O) groups is 1. The lowest BCUT2D eigenvalue weighted by Gasteiger charge is -2.34. The average molecular weight is 442 g/mol. The number of hydrogen-bond acceptors (Lipinski definition) is 5. The first-order chi connectivity index (χ1) is 16.2. The summed E-state index contributed by atoms with van der Waals surface area (Å²) in [7, 11) is 0. The zero-order valence-electron chi connectivity index (χ0n) is 18.5. The number of nitrogens with zero attached hydrogens (tertiary/aromatic N) is 6. The van der Waals surface area contributed by atoms with Crippen molar-refractivity contribution in [3.63, 3.8) is 0 Å². The molecular weight excluding hydrogens is 414 g/mol. The number of para-hydroxylation sites is 1. The molecule has 1 aromatic carbocycles. The number of carbonyl (C=O) groups excluding carboxylic acids is 1. The Bertz CT molecular complexity index is 1270. The van der Waals surface area contributed by atoms with Crippen LogP contribution in [0.3, 0.4) is 0 Å². The Hall–Kier alpha value is -3.68. The first-order valence-electron chi connectivity index (χ1n) is 11.8. The normalized spacial score (nSPS) is 18.8. The number of hydrogen-bond donors (Lipinski definition) is 1. The van der Waals surface area contributed by atoms with Gasteiger partial charge in [0.05, 0.1) is 28.9 Å². The second-order valence-corrected chi connectivity index (χ2v) is 8.95. The smallest absolute Gasteiger partial charge is 0.227 e. The van der Waals surface area contributed by atoms with E-state index in [4.69, 9.17) is 9.97 Å². The maximum absolute atomic E-state index is 12.9. The van der Waals surface area contributed by atoms with Gasteiger partial charge >= 0.3 is 0 Å². The van der Waals surface area contributed by atoms with Crippen LogP contribution in [0, 0.1) is 5.92 Å². The van der Waals surface area contributed by atoms with Crippen molar-refractivity contribution in [1.29, 1.82) is 0 Å². The number of imidazole rings is 1. The molecule has 6 rings (SSSR count). The molecule has 8 nitrogen and oxygen atoms in total. The number of rotatable bonds is 4. The minimum absolute atomic E-state index is 0.0629. The summed E-state index contributed by atoms with van der Waals surface area (Å²) in [5.41, 5.74) is 3.49. The Morgan fingerprint density at radius 3 is 2.67 bits per heavy atom. The van der Waals surface area contributed by atoms with Crippen molar-refractivity contribution in [3.8, 4) is 17.1 Å². The van der Waals surface area contributed by atoms with Gasteiger partial charge in [0.1, 0.15) is 11.6 Å². The number of nitrogens with one attached hydrogen (secondary N) is 1. The van der Waals surface area contributed by atoms with Crippen LogP contribution in [0.5, 0.6) is 0 Å². The number of pyridine rings is 1. The van der Waals surface area contributed by atoms with E-state index in [0.717, 1.165) is 80.3 Å². The zero-order chi connectivity index (χ0) is 22.2. The number of likely N-dealkylation sites (tertiary alicyclic amines) is 1. The molecule has 168 valence electrons. The monoisotopic (exact) mass is 441 g/mol. The van der Waals surface area contributed by atoms with Gasteiger partial charge < -0.3 is 14.8 Å². The summed E-state index contributed by atoms with van der Waals surface area (Å²) in [4.78, 5) is 30.1. The number of aromatic amines is 1. The Morgan fingerprint density at radius 1 is 0.970 bits per heavy atom. The minimum atomic E-state index is 0.0629. The van der Waals surface area contributed by atoms with E-state index in [-0.39, 0.29) is 5.92 Å². The molecule has 1 N–H and O–H groups in total. The molecule has 0 radical (unpaired) electrons. The van der Waals surface area contributed by atoms with Crippen LogP contribution in [0.4, 0.5) is 5.82 Å². The summed E-state index contributed by atoms with van der Waals surface area (Å²) < 4.78 is 1.84. The Kier molecular flexibility index (Phi) is 5.05. The summed E-state index contributed by atoms with van der Waals surface area (Å²) in [5, 5.41) is 4.47. The fourth-order valence-corrected chi connectivity index (χ4v) is 4.94. The van der Waals surface area contributed by atoms with Crippen molar-refractivity contribution < 1.29 is 4.79 Å². The largest absolute Gasteiger partial charge is 0.356 e. The van der Waals surface area contributed by atoms with E-state index in [1.165, 1.54) is 0 Å². The Labute approximate surface area is 192 Å². The van der Waals surface area contributed by atoms with Crippen LogP contribution in [0.25, 0.3) is 28.2 Å². The number of amides is 1. The number of aromatic nitrogens is 5. The maximum Gasteiger partial charge on any atom is 0.227 e. The molecule has 0 bridgehead atoms. The van der Waals surface area contributed by atoms with Crippen molar-refractivity contribution in [2.75, 3.05) is 31.1 Å². The number of H-pyrrole nitrogens is 1. The van der Waals surface area contributed by atoms with Crippen molar-refractivity contribution >= 4 is 22.9 Å². The molecule has 1 atom stereocenters. The minimum Gasteiger partial charge on any atom is -0.356 e. The van der Waals surface area contributed by atoms with Crippen LogP contribution >= 0.6 is 0 Å². The molecule has 4 aromatic rings. The molecule has 2 saturated heterocycles. The zero-order valence-corrected chi connectivity index (χ0v) is 18.5. The van der Waals surface area contributed by atoms with Crippen molar-refractivity contribution in [2.45, 2.75) is 25.7 Å². The quantitative estimate of drug-likeness (QED) is 0.523. The molecule has 2 fully saturated rings. The molecule has 33 heavy (non-hydrogen) atoms. The van der Waals surface area contributed by atoms with Gasteiger partial charge in [-0.1, -0.05) is 18.2 Å². The summed E-state index contributed by atoms with van der Waals surface area (Å²) in [6, 6.07) is 14.1. The summed E-state index contributed by atoms with van der Waals surface area (Å²) in [6.45, 7) is 3.48. The van der Waals surface area contributed by atoms with Gasteiger partial charge in [0.25, 0.3) is 0 Å². The van der Waals surface area contributed by atoms with Crippen LogP contribution < -0.4 is 4.90 Å². The van der Waals surface area contributed by atoms with E-state index in [1.54, 1.807) is 0 Å². The molecule has 8 heteroatoms. The predicted octanol–water partition coefficient (Wildman–Crippen LogP) is 3.65. The average Bonchev–Trinajstić information content (AvgIpc) is 3.64. The molecule has 2 aliphatic heterocycles. The molecule has 2 aliphatic rings. The van der Waals surface area contributed by atoms with Gasteiger partial charge in [-0.15, -0.1) is 0 Å². The highest BCUT2D eigenvalue weighted by atomic mass is 16.2. The van der Waals surface area contributed by atoms with Crippen LogP contribution in [0.2, 0.25) is 0 Å². The van der Waals surface area contributed by atoms with Gasteiger partial charge in [0.2, 0.25) is 5.91 Å². The lowest BCUT2D eigenvalue weighted by Crippen LogP contribution is -2.44. The molecule has 5 heterocycles. The van der Waals surface area contributed by atoms with E-state index >= 15 is 0 Å². The molecule has 1 unspecified atom stereocenters. The predicted molar refractivity (Wildman–Crippen MR) is 127 cm³/mol. The van der Waals surface area contributed by atoms with Gasteiger partial charge in [-0.25, -0.2) is 14.6 Å². The van der Waals surface area contributed by atoms with Gasteiger partial charge in [0, 0.05) is 32.4 Å². The molecule has 0 saturated carbocycles. The highest BCUT2D eigenvalue weighted by Crippen LogP contribution is 2.27. The first-order valence-corrected chi connectivity index (χ1v) is 11.8. The summed E-state index contributed by atoms with van der Waals surface area (Å²) >= 11 is 0. The fourth-order valence-electron chi connectivity index (χ4n) is 4.94. The molecule has 0 spiro atoms. The summed E-state index contributed by atoms with van der Waals surface area (Å²) in [5.74, 6) is 2.01. The molecule has 0 aliphatic carbocycles. The Morgan fingerprint density at radius 2 is 1.82 bits per heavy atom. The highest BCUT2D eigenvalue weighted by Gasteiger charge is 2.31. The van der Waals surface area contributed by atoms with Crippen molar-refractivity contribution in [3.05, 3.63) is 54.9 Å². The third-order valence-corrected chi connectivity index (χ3v) is 6.72. The maximum atomic E-state index is 12.9. The lowest BCUT2D eigenvalue weighted by molar-refractivity contribution is -0.134. The SMILES string of the molecule is O=C(C1CCCN(c2ccc3[nH]c(-c4cnn(-c5ccccc5)c4)nc3n2)C1)N1CCCC1. The van der Waals surface area contributed by atoms with Gasteiger partial charge in [0.15, 0.2) is 5.65 Å². The fraction of sp³-hybridized carbons (Fsp3) is 0.360. The molecular formula is C25H27N7O. The van der Waals surface area contributed by atoms with Gasteiger partial charge in [-0.2, -0.15) is 5.10 Å². The van der Waals surface area contributed by atoms with E-state index in [0.29, 0.717) is 11.6 Å². The number of benzene rings is 1. The number of anilines is 1. The lowest BCUT2D eigenvalue weighted by atomic mass is 9.96. The molecule has 1 amide bonds. The van der Waals surface area contributed by atoms with Crippen LogP contribution in [-0.4, -0.2) is 61.7 Å². The Balaban J connectivity index is 1.22. The van der Waals surface area contributed by atoms with E-state index in [1.807, 2.05) is 64.4 Å². The van der Waals surface area contributed by atoms with Crippen molar-refractivity contribution in [2.24, 2.45) is 5.92 Å². The van der Waals surface area contributed by atoms with Gasteiger partial charge in [-0.3, -0.25) is 4.79 Å². The van der Waals surface area contributed by atoms with Gasteiger partial charge in [-0.05, 0) is 49.9 Å². The number of fused-ring (bicyclic) bond motifs is 1. The first kappa shape index (κ1) is 20.0. The van der Waals surface area contributed by atoms with E-state index < -0.39 is 0 Å². The van der Waals surface area contributed by atoms with E-state index in [2.05, 4.69) is 15.0 Å². The molecule has 3 aromatic heterocycles. The van der Waals surface area contributed by atoms with Crippen molar-refractivity contribution in [1.82, 2.24) is 29.6 Å². The third kappa shape index (κ3) is 3.86. The topological polar surface area (TPSA) is 82.9 Å². The van der Waals surface area contributed by atoms with Crippen LogP contribution in [0.15, 0.2) is 54.9 Å². The second kappa shape index (κ2) is 8.35. The number of piperidine rings is 1. The highest BCUT2D eigenvalue weighted by molar-refractivity contribution is 5.80. The second-order valence-electron chi connectivity index (χ2n) is 8.95. The van der Waals surface area contributed by atoms with E-state index in [9.17, 15) is 4.79 Å². The summed E-state index contributed by atoms with van der Waals surface area (Å²) in [6.07, 6.45) is 8.01.